The molecule has 4 heteroatoms. The monoisotopic (exact) mass is 619 g/mol. The molecule has 1 radical (unpaired) electrons. The van der Waals surface area contributed by atoms with Crippen LogP contribution < -0.4 is 0 Å². The second-order valence-electron chi connectivity index (χ2n) is 9.65. The topological polar surface area (TPSA) is 50.2 Å². The quantitative estimate of drug-likeness (QED) is 0.192. The maximum atomic E-state index is 10.0. The van der Waals surface area contributed by atoms with E-state index in [1.807, 2.05) is 0 Å². The normalized spacial score (nSPS) is 21.3. The number of ketones is 1. The zero-order valence-corrected chi connectivity index (χ0v) is 22.3. The van der Waals surface area contributed by atoms with Gasteiger partial charge in [-0.25, -0.2) is 0 Å². The molecule has 0 saturated heterocycles. The van der Waals surface area contributed by atoms with Gasteiger partial charge in [-0.1, -0.05) is 38.1 Å². The van der Waals surface area contributed by atoms with Crippen LogP contribution >= 0.6 is 0 Å². The van der Waals surface area contributed by atoms with E-state index in [9.17, 15) is 4.79 Å². The van der Waals surface area contributed by atoms with Crippen molar-refractivity contribution in [2.24, 2.45) is 5.92 Å². The molecule has 1 heterocycles. The van der Waals surface area contributed by atoms with E-state index in [-0.39, 0.29) is 31.6 Å². The first-order chi connectivity index (χ1) is 15.3. The molecule has 2 bridgehead atoms. The molecule has 3 nitrogen and oxygen atoms in total. The van der Waals surface area contributed by atoms with Crippen LogP contribution in [0, 0.1) is 25.8 Å². The van der Waals surface area contributed by atoms with Crippen LogP contribution in [0.1, 0.15) is 62.6 Å². The molecule has 0 atom stereocenters. The van der Waals surface area contributed by atoms with E-state index in [0.717, 1.165) is 22.7 Å². The summed E-state index contributed by atoms with van der Waals surface area (Å²) in [5, 5.41) is 9.72. The Kier molecular flexibility index (Phi) is 7.92. The van der Waals surface area contributed by atoms with E-state index >= 15 is 0 Å². The van der Waals surface area contributed by atoms with Crippen LogP contribution in [-0.4, -0.2) is 15.9 Å². The van der Waals surface area contributed by atoms with E-state index in [4.69, 9.17) is 10.1 Å². The van der Waals surface area contributed by atoms with Crippen molar-refractivity contribution in [3.8, 4) is 11.3 Å². The molecule has 0 spiro atoms. The van der Waals surface area contributed by atoms with Gasteiger partial charge in [0.25, 0.3) is 0 Å². The van der Waals surface area contributed by atoms with Crippen LogP contribution in [0.5, 0.6) is 0 Å². The first kappa shape index (κ1) is 25.3. The number of benzene rings is 2. The van der Waals surface area contributed by atoms with E-state index in [1.54, 1.807) is 5.56 Å². The van der Waals surface area contributed by atoms with Gasteiger partial charge < -0.3 is 5.11 Å². The number of aliphatic hydroxyl groups excluding tert-OH is 1. The molecule has 2 aliphatic rings. The fourth-order valence-electron chi connectivity index (χ4n) is 5.65. The van der Waals surface area contributed by atoms with Gasteiger partial charge >= 0.3 is 0 Å². The van der Waals surface area contributed by atoms with Crippen LogP contribution in [0.3, 0.4) is 0 Å². The summed E-state index contributed by atoms with van der Waals surface area (Å²) in [6.07, 6.45) is 8.05. The zero-order chi connectivity index (χ0) is 22.9. The fraction of sp³-hybridized carbons (Fsp3) is 0.379. The molecular formula is C29H32IrNO2-. The molecule has 0 unspecified atom stereocenters. The summed E-state index contributed by atoms with van der Waals surface area (Å²) in [5.74, 6) is 0.885. The van der Waals surface area contributed by atoms with Crippen LogP contribution in [0.2, 0.25) is 0 Å². The van der Waals surface area contributed by atoms with E-state index < -0.39 is 0 Å². The van der Waals surface area contributed by atoms with Crippen LogP contribution in [-0.2, 0) is 30.3 Å². The molecule has 33 heavy (non-hydrogen) atoms. The van der Waals surface area contributed by atoms with E-state index in [2.05, 4.69) is 62.4 Å². The summed E-state index contributed by atoms with van der Waals surface area (Å²) >= 11 is 0. The van der Waals surface area contributed by atoms with Gasteiger partial charge in [0.2, 0.25) is 0 Å². The van der Waals surface area contributed by atoms with Crippen molar-refractivity contribution < 1.29 is 30.0 Å². The van der Waals surface area contributed by atoms with Crippen molar-refractivity contribution in [1.82, 2.24) is 4.98 Å². The molecule has 3 aromatic rings. The molecule has 2 aromatic carbocycles. The van der Waals surface area contributed by atoms with Crippen molar-refractivity contribution in [3.63, 3.8) is 0 Å². The molecular weight excluding hydrogens is 587 g/mol. The first-order valence-electron chi connectivity index (χ1n) is 11.5. The predicted octanol–water partition coefficient (Wildman–Crippen LogP) is 7.19. The van der Waals surface area contributed by atoms with Gasteiger partial charge in [-0.05, 0) is 74.6 Å². The Balaban J connectivity index is 0.000000337. The van der Waals surface area contributed by atoms with Crippen molar-refractivity contribution in [3.05, 3.63) is 77.1 Å². The average molecular weight is 619 g/mol. The molecule has 175 valence electrons. The minimum absolute atomic E-state index is 0. The maximum Gasteiger partial charge on any atom is 0.155 e. The van der Waals surface area contributed by atoms with Crippen molar-refractivity contribution in [2.45, 2.75) is 65.2 Å². The van der Waals surface area contributed by atoms with Gasteiger partial charge in [-0.2, -0.15) is 0 Å². The number of aliphatic hydroxyl groups is 1. The van der Waals surface area contributed by atoms with Crippen molar-refractivity contribution >= 4 is 16.7 Å². The molecule has 2 fully saturated rings. The fourth-order valence-corrected chi connectivity index (χ4v) is 5.65. The second kappa shape index (κ2) is 10.3. The Labute approximate surface area is 210 Å². The molecule has 2 aliphatic carbocycles. The third kappa shape index (κ3) is 5.62. The summed E-state index contributed by atoms with van der Waals surface area (Å²) < 4.78 is 0. The van der Waals surface area contributed by atoms with E-state index in [1.165, 1.54) is 68.5 Å². The maximum absolute atomic E-state index is 10.0. The number of carbonyl (C=O) groups excluding carboxylic acids is 1. The smallest absolute Gasteiger partial charge is 0.155 e. The second-order valence-corrected chi connectivity index (χ2v) is 9.65. The number of hydrogen-bond donors (Lipinski definition) is 1. The van der Waals surface area contributed by atoms with Gasteiger partial charge in [0.05, 0.1) is 11.3 Å². The van der Waals surface area contributed by atoms with Gasteiger partial charge in [0, 0.05) is 31.6 Å². The van der Waals surface area contributed by atoms with Crippen LogP contribution in [0.4, 0.5) is 0 Å². The largest absolute Gasteiger partial charge is 0.512 e. The zero-order valence-electron chi connectivity index (χ0n) is 19.9. The number of fused-ring (bicyclic) bond motifs is 3. The number of nitrogens with zero attached hydrogens (tertiary/aromatic N) is 1. The van der Waals surface area contributed by atoms with Crippen LogP contribution in [0.15, 0.2) is 54.3 Å². The minimum atomic E-state index is -0.125. The Bertz CT molecular complexity index is 1170. The summed E-state index contributed by atoms with van der Waals surface area (Å²) in [6.45, 7) is 7.13. The van der Waals surface area contributed by atoms with Gasteiger partial charge in [0.15, 0.2) is 5.78 Å². The predicted molar refractivity (Wildman–Crippen MR) is 131 cm³/mol. The Morgan fingerprint density at radius 3 is 2.36 bits per heavy atom. The number of rotatable bonds is 3. The van der Waals surface area contributed by atoms with E-state index in [0.29, 0.717) is 5.41 Å². The Morgan fingerprint density at radius 2 is 1.82 bits per heavy atom. The number of para-hydroxylation sites is 1. The minimum Gasteiger partial charge on any atom is -0.512 e. The summed E-state index contributed by atoms with van der Waals surface area (Å²) in [6, 6.07) is 19.0. The standard InChI is InChI=1S/C24H24N.C5H8O2.Ir/c1-16-11-17(2)13-19(12-16)23-14-21(20-5-3-4-6-22(20)25-23)24-9-7-18(15-24)8-10-24;1-4(6)3-5(2)7;/h3-6,11-12,14,18H,7-10,15H2,1-2H3;3,6H,1-2H3;/q-1;;/b;4-3-;. The summed E-state index contributed by atoms with van der Waals surface area (Å²) in [4.78, 5) is 15.0. The van der Waals surface area contributed by atoms with Gasteiger partial charge in [-0.3, -0.25) is 9.78 Å². The number of aryl methyl sites for hydroxylation is 2. The van der Waals surface area contributed by atoms with Gasteiger partial charge in [-0.15, -0.1) is 34.9 Å². The molecule has 0 aliphatic heterocycles. The molecule has 1 N–H and O–H groups in total. The first-order valence-corrected chi connectivity index (χ1v) is 11.5. The number of pyridine rings is 1. The SMILES string of the molecule is CC(=O)/C=C(/C)O.Cc1[c-]c(-c2cc(C34CCC(CC3)C4)c3ccccc3n2)cc(C)c1.[Ir]. The summed E-state index contributed by atoms with van der Waals surface area (Å²) in [5.41, 5.74) is 7.75. The average Bonchev–Trinajstić information content (AvgIpc) is 3.34. The number of aromatic nitrogens is 1. The molecule has 0 amide bonds. The molecule has 1 aromatic heterocycles. The Morgan fingerprint density at radius 1 is 1.12 bits per heavy atom. The Hall–Kier alpha value is -2.29. The molecule has 2 saturated carbocycles. The van der Waals surface area contributed by atoms with Crippen molar-refractivity contribution in [1.29, 1.82) is 0 Å². The number of hydrogen-bond acceptors (Lipinski definition) is 3. The molecule has 5 rings (SSSR count). The number of carbonyl (C=O) groups is 1. The van der Waals surface area contributed by atoms with Crippen LogP contribution in [0.25, 0.3) is 22.2 Å². The van der Waals surface area contributed by atoms with Gasteiger partial charge in [0.1, 0.15) is 0 Å². The third-order valence-corrected chi connectivity index (χ3v) is 6.87. The van der Waals surface area contributed by atoms with Crippen molar-refractivity contribution in [2.75, 3.05) is 0 Å². The summed E-state index contributed by atoms with van der Waals surface area (Å²) in [7, 11) is 0. The number of allylic oxidation sites excluding steroid dienone is 2. The third-order valence-electron chi connectivity index (χ3n) is 6.87.